The molecule has 228 valence electrons. The van der Waals surface area contributed by atoms with Crippen molar-refractivity contribution in [2.24, 2.45) is 0 Å². The average molecular weight is 627 g/mol. The monoisotopic (exact) mass is 626 g/mol. The number of amides is 2. The van der Waals surface area contributed by atoms with Crippen LogP contribution in [-0.2, 0) is 31.3 Å². The Morgan fingerprint density at radius 3 is 2.36 bits per heavy atom. The summed E-state index contributed by atoms with van der Waals surface area (Å²) in [5, 5.41) is 66.4. The van der Waals surface area contributed by atoms with Crippen molar-refractivity contribution in [1.82, 2.24) is 10.6 Å². The molecule has 0 saturated carbocycles. The number of ether oxygens (including phenoxy) is 1. The van der Waals surface area contributed by atoms with Crippen LogP contribution in [-0.4, -0.2) is 103 Å². The number of benzene rings is 2. The van der Waals surface area contributed by atoms with Gasteiger partial charge in [-0.25, -0.2) is 9.59 Å². The maximum Gasteiger partial charge on any atom is 0.346 e. The smallest absolute Gasteiger partial charge is 0.346 e. The van der Waals surface area contributed by atoms with Crippen molar-refractivity contribution in [2.45, 2.75) is 54.0 Å². The molecule has 8 N–H and O–H groups in total. The number of carboxylic acids is 2. The van der Waals surface area contributed by atoms with Crippen molar-refractivity contribution >= 4 is 47.1 Å². The Morgan fingerprint density at radius 1 is 1.05 bits per heavy atom. The van der Waals surface area contributed by atoms with Crippen LogP contribution in [0.3, 0.4) is 0 Å². The second kappa shape index (κ2) is 14.8. The van der Waals surface area contributed by atoms with E-state index < -0.39 is 78.7 Å². The highest BCUT2D eigenvalue weighted by Crippen LogP contribution is 2.42. The molecule has 15 heteroatoms. The van der Waals surface area contributed by atoms with E-state index in [-0.39, 0.29) is 17.7 Å². The summed E-state index contributed by atoms with van der Waals surface area (Å²) >= 11 is 6.54. The number of hydrogen-bond acceptors (Lipinski definition) is 10. The summed E-state index contributed by atoms with van der Waals surface area (Å²) in [7, 11) is 0. The number of carbonyl (C=O) groups excluding carboxylic acids is 2. The zero-order valence-corrected chi connectivity index (χ0v) is 23.6. The van der Waals surface area contributed by atoms with Crippen molar-refractivity contribution < 1.29 is 54.6 Å². The summed E-state index contributed by atoms with van der Waals surface area (Å²) in [5.74, 6) is -4.24. The highest BCUT2D eigenvalue weighted by Gasteiger charge is 2.55. The maximum absolute atomic E-state index is 12.5. The molecule has 6 atom stereocenters. The molecular formula is C27H31ClN2O11S. The predicted octanol–water partition coefficient (Wildman–Crippen LogP) is -0.240. The number of hydrogen-bond donors (Lipinski definition) is 8. The Morgan fingerprint density at radius 2 is 1.74 bits per heavy atom. The predicted molar refractivity (Wildman–Crippen MR) is 150 cm³/mol. The number of carbonyl (C=O) groups is 4. The van der Waals surface area contributed by atoms with E-state index in [1.54, 1.807) is 30.3 Å². The summed E-state index contributed by atoms with van der Waals surface area (Å²) in [4.78, 5) is 45.9. The van der Waals surface area contributed by atoms with Crippen LogP contribution in [0, 0.1) is 0 Å². The fourth-order valence-corrected chi connectivity index (χ4v) is 5.65. The topological polar surface area (TPSA) is 223 Å². The first-order chi connectivity index (χ1) is 19.8. The van der Waals surface area contributed by atoms with Gasteiger partial charge in [-0.15, -0.1) is 11.8 Å². The largest absolute Gasteiger partial charge is 0.478 e. The van der Waals surface area contributed by atoms with Crippen molar-refractivity contribution in [1.29, 1.82) is 0 Å². The second-order valence-electron chi connectivity index (χ2n) is 9.62. The number of carboxylic acid groups (broad SMARTS) is 2. The number of rotatable bonds is 13. The molecule has 13 nitrogen and oxygen atoms in total. The highest BCUT2D eigenvalue weighted by molar-refractivity contribution is 8.00. The van der Waals surface area contributed by atoms with Crippen molar-refractivity contribution in [2.75, 3.05) is 13.2 Å². The molecule has 1 saturated heterocycles. The van der Waals surface area contributed by atoms with Crippen LogP contribution in [0.5, 0.6) is 0 Å². The number of aliphatic carboxylic acids is 1. The SMILES string of the molecule is O=C(Cc1ccc(Cl)cc1)NC[C@@H](O)[C@@H](O)[C@@H]1O[C@@](SCc2cccc(C(=O)O)c2)(C(=O)O)C[C@H](O)[C@H]1NC(=O)CO. The van der Waals surface area contributed by atoms with Crippen LogP contribution in [0.25, 0.3) is 0 Å². The molecule has 0 unspecified atom stereocenters. The van der Waals surface area contributed by atoms with Gasteiger partial charge in [0.1, 0.15) is 18.8 Å². The lowest BCUT2D eigenvalue weighted by Crippen LogP contribution is -2.67. The fraction of sp³-hybridized carbons (Fsp3) is 0.407. The zero-order chi connectivity index (χ0) is 31.0. The molecule has 2 aromatic rings. The Balaban J connectivity index is 1.77. The lowest BCUT2D eigenvalue weighted by molar-refractivity contribution is -0.203. The van der Waals surface area contributed by atoms with E-state index in [1.807, 2.05) is 0 Å². The maximum atomic E-state index is 12.5. The molecule has 0 spiro atoms. The molecule has 1 fully saturated rings. The summed E-state index contributed by atoms with van der Waals surface area (Å²) in [6, 6.07) is 10.8. The molecule has 42 heavy (non-hydrogen) atoms. The summed E-state index contributed by atoms with van der Waals surface area (Å²) in [5.41, 5.74) is 1.05. The van der Waals surface area contributed by atoms with E-state index in [0.29, 0.717) is 27.9 Å². The number of halogens is 1. The van der Waals surface area contributed by atoms with Gasteiger partial charge in [0.15, 0.2) is 0 Å². The third-order valence-corrected chi connectivity index (χ3v) is 8.17. The Bertz CT molecular complexity index is 1280. The standard InChI is InChI=1S/C27H31ClN2O11S/c28-17-6-4-14(5-7-17)9-20(34)29-11-19(33)23(36)24-22(30-21(35)12-31)18(32)10-27(41-24,26(39)40)42-13-15-2-1-3-16(8-15)25(37)38/h1-8,18-19,22-24,31-33,36H,9-13H2,(H,29,34)(H,30,35)(H,37,38)(H,39,40)/t18-,19+,22+,23+,24+,27-/m0/s1. The van der Waals surface area contributed by atoms with Crippen molar-refractivity contribution in [3.8, 4) is 0 Å². The number of aliphatic hydroxyl groups is 4. The first-order valence-electron chi connectivity index (χ1n) is 12.7. The lowest BCUT2D eigenvalue weighted by Gasteiger charge is -2.46. The van der Waals surface area contributed by atoms with E-state index in [4.69, 9.17) is 16.3 Å². The van der Waals surface area contributed by atoms with Crippen LogP contribution in [0.15, 0.2) is 48.5 Å². The van der Waals surface area contributed by atoms with Gasteiger partial charge in [0.25, 0.3) is 0 Å². The van der Waals surface area contributed by atoms with Crippen LogP contribution in [0.1, 0.15) is 27.9 Å². The lowest BCUT2D eigenvalue weighted by atomic mass is 9.89. The molecule has 1 aliphatic heterocycles. The molecule has 3 rings (SSSR count). The second-order valence-corrected chi connectivity index (χ2v) is 11.3. The van der Waals surface area contributed by atoms with Crippen LogP contribution in [0.4, 0.5) is 0 Å². The number of thioether (sulfide) groups is 1. The van der Waals surface area contributed by atoms with Gasteiger partial charge in [-0.05, 0) is 35.4 Å². The first kappa shape index (κ1) is 33.3. The Hall–Kier alpha value is -3.24. The van der Waals surface area contributed by atoms with E-state index in [0.717, 1.165) is 0 Å². The van der Waals surface area contributed by atoms with Crippen LogP contribution >= 0.6 is 23.4 Å². The van der Waals surface area contributed by atoms with E-state index in [2.05, 4.69) is 10.6 Å². The van der Waals surface area contributed by atoms with E-state index in [9.17, 15) is 49.8 Å². The summed E-state index contributed by atoms with van der Waals surface area (Å²) in [6.45, 7) is -1.46. The molecule has 0 bridgehead atoms. The molecule has 1 aliphatic rings. The van der Waals surface area contributed by atoms with Crippen molar-refractivity contribution in [3.05, 3.63) is 70.2 Å². The van der Waals surface area contributed by atoms with Gasteiger partial charge in [0, 0.05) is 23.7 Å². The zero-order valence-electron chi connectivity index (χ0n) is 22.1. The molecule has 2 aromatic carbocycles. The molecule has 2 amide bonds. The van der Waals surface area contributed by atoms with Gasteiger partial charge < -0.3 is 46.0 Å². The molecule has 0 radical (unpaired) electrons. The minimum absolute atomic E-state index is 0.0246. The average Bonchev–Trinajstić information content (AvgIpc) is 2.96. The van der Waals surface area contributed by atoms with Gasteiger partial charge >= 0.3 is 11.9 Å². The van der Waals surface area contributed by atoms with Crippen molar-refractivity contribution in [3.63, 3.8) is 0 Å². The van der Waals surface area contributed by atoms with Gasteiger partial charge in [0.05, 0.1) is 30.2 Å². The number of aromatic carboxylic acids is 1. The molecule has 1 heterocycles. The van der Waals surface area contributed by atoms with Gasteiger partial charge in [-0.1, -0.05) is 35.9 Å². The summed E-state index contributed by atoms with van der Waals surface area (Å²) in [6.07, 6.45) is -7.61. The van der Waals surface area contributed by atoms with Crippen LogP contribution < -0.4 is 10.6 Å². The first-order valence-corrected chi connectivity index (χ1v) is 14.0. The quantitative estimate of drug-likeness (QED) is 0.144. The van der Waals surface area contributed by atoms with E-state index >= 15 is 0 Å². The number of aliphatic hydroxyl groups excluding tert-OH is 4. The molecular weight excluding hydrogens is 596 g/mol. The minimum Gasteiger partial charge on any atom is -0.478 e. The van der Waals surface area contributed by atoms with Gasteiger partial charge in [-0.2, -0.15) is 0 Å². The van der Waals surface area contributed by atoms with Crippen LogP contribution in [0.2, 0.25) is 5.02 Å². The highest BCUT2D eigenvalue weighted by atomic mass is 35.5. The molecule has 0 aliphatic carbocycles. The third-order valence-electron chi connectivity index (χ3n) is 6.53. The number of nitrogens with one attached hydrogen (secondary N) is 2. The normalized spacial score (nSPS) is 23.4. The van der Waals surface area contributed by atoms with Gasteiger partial charge in [-0.3, -0.25) is 9.59 Å². The fourth-order valence-electron chi connectivity index (χ4n) is 4.35. The summed E-state index contributed by atoms with van der Waals surface area (Å²) < 4.78 is 5.82. The Labute approximate surface area is 249 Å². The Kier molecular flexibility index (Phi) is 11.7. The molecule has 0 aromatic heterocycles. The van der Waals surface area contributed by atoms with E-state index in [1.165, 1.54) is 18.2 Å². The third kappa shape index (κ3) is 8.64. The minimum atomic E-state index is -2.19. The van der Waals surface area contributed by atoms with Gasteiger partial charge in [0.2, 0.25) is 16.7 Å².